The smallest absolute Gasteiger partial charge is 0.0879 e. The van der Waals surface area contributed by atoms with Crippen LogP contribution >= 0.6 is 31.9 Å². The number of pyridine rings is 1. The number of aryl methyl sites for hydroxylation is 1. The van der Waals surface area contributed by atoms with Gasteiger partial charge in [0, 0.05) is 20.0 Å². The van der Waals surface area contributed by atoms with Crippen LogP contribution in [0.3, 0.4) is 0 Å². The van der Waals surface area contributed by atoms with E-state index in [2.05, 4.69) is 42.3 Å². The standard InChI is InChI=1S/C10H9Br2N3/c1-5-4-8(15-13)9-6(11)2-3-7(12)10(9)14-5/h2-4H,13H2,1H3,(H,14,15). The Bertz CT molecular complexity index is 526. The molecule has 0 radical (unpaired) electrons. The molecule has 0 bridgehead atoms. The molecule has 1 heterocycles. The SMILES string of the molecule is Cc1cc(NN)c2c(Br)ccc(Br)c2n1. The minimum Gasteiger partial charge on any atom is -0.323 e. The fourth-order valence-electron chi connectivity index (χ4n) is 1.51. The Labute approximate surface area is 104 Å². The van der Waals surface area contributed by atoms with Crippen LogP contribution in [0.2, 0.25) is 0 Å². The van der Waals surface area contributed by atoms with Crippen LogP contribution in [0.1, 0.15) is 5.69 Å². The molecule has 15 heavy (non-hydrogen) atoms. The topological polar surface area (TPSA) is 50.9 Å². The first kappa shape index (κ1) is 10.9. The van der Waals surface area contributed by atoms with Crippen molar-refractivity contribution in [1.82, 2.24) is 4.98 Å². The molecule has 3 N–H and O–H groups in total. The third-order valence-corrected chi connectivity index (χ3v) is 3.44. The number of hydrogen-bond acceptors (Lipinski definition) is 3. The number of rotatable bonds is 1. The highest BCUT2D eigenvalue weighted by molar-refractivity contribution is 9.11. The number of aromatic nitrogens is 1. The molecule has 78 valence electrons. The lowest BCUT2D eigenvalue weighted by molar-refractivity contribution is 1.23. The van der Waals surface area contributed by atoms with Gasteiger partial charge in [-0.05, 0) is 41.1 Å². The average Bonchev–Trinajstić information content (AvgIpc) is 2.22. The van der Waals surface area contributed by atoms with Crippen LogP contribution in [0.25, 0.3) is 10.9 Å². The Kier molecular flexibility index (Phi) is 2.95. The summed E-state index contributed by atoms with van der Waals surface area (Å²) in [6.45, 7) is 1.94. The molecule has 0 unspecified atom stereocenters. The molecule has 1 aromatic heterocycles. The summed E-state index contributed by atoms with van der Waals surface area (Å²) in [6, 6.07) is 5.84. The number of anilines is 1. The van der Waals surface area contributed by atoms with E-state index in [9.17, 15) is 0 Å². The molecule has 2 aromatic rings. The summed E-state index contributed by atoms with van der Waals surface area (Å²) in [5.74, 6) is 5.49. The summed E-state index contributed by atoms with van der Waals surface area (Å²) < 4.78 is 1.93. The number of nitrogens with one attached hydrogen (secondary N) is 1. The van der Waals surface area contributed by atoms with Crippen LogP contribution in [0.4, 0.5) is 5.69 Å². The summed E-state index contributed by atoms with van der Waals surface area (Å²) in [4.78, 5) is 4.47. The largest absolute Gasteiger partial charge is 0.323 e. The van der Waals surface area contributed by atoms with Gasteiger partial charge in [-0.1, -0.05) is 15.9 Å². The number of nitrogens with zero attached hydrogens (tertiary/aromatic N) is 1. The summed E-state index contributed by atoms with van der Waals surface area (Å²) in [7, 11) is 0. The average molecular weight is 331 g/mol. The summed E-state index contributed by atoms with van der Waals surface area (Å²) in [5.41, 5.74) is 5.38. The first-order chi connectivity index (χ1) is 7.13. The van der Waals surface area contributed by atoms with Gasteiger partial charge in [0.1, 0.15) is 0 Å². The van der Waals surface area contributed by atoms with E-state index in [-0.39, 0.29) is 0 Å². The van der Waals surface area contributed by atoms with E-state index >= 15 is 0 Å². The van der Waals surface area contributed by atoms with E-state index in [1.165, 1.54) is 0 Å². The highest BCUT2D eigenvalue weighted by atomic mass is 79.9. The second-order valence-electron chi connectivity index (χ2n) is 3.21. The Morgan fingerprint density at radius 2 is 1.93 bits per heavy atom. The van der Waals surface area contributed by atoms with Crippen molar-refractivity contribution in [3.05, 3.63) is 32.8 Å². The Morgan fingerprint density at radius 3 is 2.60 bits per heavy atom. The van der Waals surface area contributed by atoms with Gasteiger partial charge < -0.3 is 5.43 Å². The molecule has 0 aliphatic carbocycles. The zero-order valence-electron chi connectivity index (χ0n) is 8.01. The van der Waals surface area contributed by atoms with Crippen molar-refractivity contribution >= 4 is 48.5 Å². The van der Waals surface area contributed by atoms with Crippen molar-refractivity contribution in [1.29, 1.82) is 0 Å². The maximum atomic E-state index is 5.49. The van der Waals surface area contributed by atoms with E-state index in [0.29, 0.717) is 0 Å². The zero-order chi connectivity index (χ0) is 11.0. The molecular weight excluding hydrogens is 322 g/mol. The lowest BCUT2D eigenvalue weighted by Crippen LogP contribution is -2.08. The molecule has 0 aliphatic rings. The molecule has 0 saturated heterocycles. The molecule has 0 fully saturated rings. The first-order valence-electron chi connectivity index (χ1n) is 4.35. The van der Waals surface area contributed by atoms with Crippen LogP contribution < -0.4 is 11.3 Å². The maximum Gasteiger partial charge on any atom is 0.0879 e. The molecule has 3 nitrogen and oxygen atoms in total. The number of nitrogens with two attached hydrogens (primary N) is 1. The van der Waals surface area contributed by atoms with Gasteiger partial charge in [-0.3, -0.25) is 10.8 Å². The third kappa shape index (κ3) is 1.87. The van der Waals surface area contributed by atoms with Gasteiger partial charge in [-0.15, -0.1) is 0 Å². The summed E-state index contributed by atoms with van der Waals surface area (Å²) in [6.07, 6.45) is 0. The first-order valence-corrected chi connectivity index (χ1v) is 5.94. The van der Waals surface area contributed by atoms with Crippen LogP contribution in [0.15, 0.2) is 27.1 Å². The lowest BCUT2D eigenvalue weighted by atomic mass is 10.1. The van der Waals surface area contributed by atoms with E-state index in [1.807, 2.05) is 25.1 Å². The number of halogens is 2. The third-order valence-electron chi connectivity index (χ3n) is 2.14. The van der Waals surface area contributed by atoms with Gasteiger partial charge in [0.05, 0.1) is 11.2 Å². The van der Waals surface area contributed by atoms with Gasteiger partial charge in [0.25, 0.3) is 0 Å². The van der Waals surface area contributed by atoms with Gasteiger partial charge in [-0.25, -0.2) is 0 Å². The van der Waals surface area contributed by atoms with E-state index in [4.69, 9.17) is 5.84 Å². The number of hydrogen-bond donors (Lipinski definition) is 2. The van der Waals surface area contributed by atoms with Crippen LogP contribution in [-0.4, -0.2) is 4.98 Å². The van der Waals surface area contributed by atoms with Gasteiger partial charge in [-0.2, -0.15) is 0 Å². The molecule has 2 rings (SSSR count). The number of nitrogen functional groups attached to an aromatic ring is 1. The fraction of sp³-hybridized carbons (Fsp3) is 0.100. The highest BCUT2D eigenvalue weighted by Crippen LogP contribution is 2.34. The van der Waals surface area contributed by atoms with Gasteiger partial charge in [0.15, 0.2) is 0 Å². The normalized spacial score (nSPS) is 10.7. The van der Waals surface area contributed by atoms with Crippen molar-refractivity contribution in [3.8, 4) is 0 Å². The van der Waals surface area contributed by atoms with Crippen LogP contribution in [0, 0.1) is 6.92 Å². The monoisotopic (exact) mass is 329 g/mol. The highest BCUT2D eigenvalue weighted by Gasteiger charge is 2.09. The van der Waals surface area contributed by atoms with Crippen molar-refractivity contribution in [2.45, 2.75) is 6.92 Å². The minimum absolute atomic E-state index is 0.866. The molecule has 0 amide bonds. The molecule has 5 heteroatoms. The number of hydrazine groups is 1. The van der Waals surface area contributed by atoms with E-state index < -0.39 is 0 Å². The molecule has 0 atom stereocenters. The Hall–Kier alpha value is -0.650. The lowest BCUT2D eigenvalue weighted by Gasteiger charge is -2.09. The maximum absolute atomic E-state index is 5.49. The van der Waals surface area contributed by atoms with Crippen LogP contribution in [-0.2, 0) is 0 Å². The van der Waals surface area contributed by atoms with Crippen molar-refractivity contribution in [3.63, 3.8) is 0 Å². The van der Waals surface area contributed by atoms with E-state index in [0.717, 1.165) is 31.2 Å². The van der Waals surface area contributed by atoms with Crippen molar-refractivity contribution in [2.75, 3.05) is 5.43 Å². The number of benzene rings is 1. The zero-order valence-corrected chi connectivity index (χ0v) is 11.2. The van der Waals surface area contributed by atoms with Gasteiger partial charge in [0.2, 0.25) is 0 Å². The predicted octanol–water partition coefficient (Wildman–Crippen LogP) is 3.35. The minimum atomic E-state index is 0.866. The van der Waals surface area contributed by atoms with Crippen molar-refractivity contribution in [2.24, 2.45) is 5.84 Å². The Balaban J connectivity index is 2.95. The van der Waals surface area contributed by atoms with Crippen LogP contribution in [0.5, 0.6) is 0 Å². The molecule has 0 spiro atoms. The summed E-state index contributed by atoms with van der Waals surface area (Å²) >= 11 is 6.97. The van der Waals surface area contributed by atoms with Gasteiger partial charge >= 0.3 is 0 Å². The fourth-order valence-corrected chi connectivity index (χ4v) is 2.46. The molecule has 0 aliphatic heterocycles. The summed E-state index contributed by atoms with van der Waals surface area (Å²) in [5, 5.41) is 0.984. The number of fused-ring (bicyclic) bond motifs is 1. The second-order valence-corrected chi connectivity index (χ2v) is 4.92. The second kappa shape index (κ2) is 4.08. The molecule has 0 saturated carbocycles. The molecular formula is C10H9Br2N3. The molecule has 1 aromatic carbocycles. The predicted molar refractivity (Wildman–Crippen MR) is 69.7 cm³/mol. The quantitative estimate of drug-likeness (QED) is 0.622. The van der Waals surface area contributed by atoms with E-state index in [1.54, 1.807) is 0 Å². The van der Waals surface area contributed by atoms with Crippen molar-refractivity contribution < 1.29 is 0 Å². The Morgan fingerprint density at radius 1 is 1.27 bits per heavy atom.